The van der Waals surface area contributed by atoms with E-state index in [1.54, 1.807) is 36.1 Å². The molecule has 0 radical (unpaired) electrons. The van der Waals surface area contributed by atoms with Crippen LogP contribution in [0.1, 0.15) is 43.1 Å². The minimum absolute atomic E-state index is 0.291. The zero-order valence-corrected chi connectivity index (χ0v) is 18.3. The number of carbonyl (C=O) groups is 1. The Morgan fingerprint density at radius 3 is 2.83 bits per heavy atom. The molecular weight excluding hydrogens is 414 g/mol. The number of anilines is 1. The molecule has 0 saturated heterocycles. The lowest BCUT2D eigenvalue weighted by Crippen LogP contribution is -2.29. The molecule has 1 unspecified atom stereocenters. The summed E-state index contributed by atoms with van der Waals surface area (Å²) in [5, 5.41) is 21.8. The zero-order valence-electron chi connectivity index (χ0n) is 16.7. The minimum Gasteiger partial charge on any atom is -0.383 e. The SMILES string of the molecule is COCCNC(=O)c1nn(C(C)(C)C)c2nc(NC(O)c3cccc(Cl)c3)sc12. The molecule has 0 aliphatic heterocycles. The number of aliphatic hydroxyl groups is 1. The van der Waals surface area contributed by atoms with Crippen molar-refractivity contribution in [1.29, 1.82) is 0 Å². The van der Waals surface area contributed by atoms with E-state index < -0.39 is 6.23 Å². The van der Waals surface area contributed by atoms with Crippen LogP contribution in [0.5, 0.6) is 0 Å². The van der Waals surface area contributed by atoms with Gasteiger partial charge in [-0.2, -0.15) is 5.10 Å². The molecule has 3 N–H and O–H groups in total. The Labute approximate surface area is 177 Å². The fraction of sp³-hybridized carbons (Fsp3) is 0.421. The van der Waals surface area contributed by atoms with Crippen LogP contribution in [0.15, 0.2) is 24.3 Å². The van der Waals surface area contributed by atoms with Gasteiger partial charge in [0.1, 0.15) is 4.70 Å². The van der Waals surface area contributed by atoms with E-state index in [1.165, 1.54) is 11.3 Å². The Hall–Kier alpha value is -2.20. The van der Waals surface area contributed by atoms with Crippen LogP contribution in [0.4, 0.5) is 5.13 Å². The number of ether oxygens (including phenoxy) is 1. The number of carbonyl (C=O) groups excluding carboxylic acids is 1. The van der Waals surface area contributed by atoms with E-state index in [2.05, 4.69) is 20.7 Å². The van der Waals surface area contributed by atoms with Gasteiger partial charge in [-0.3, -0.25) is 4.79 Å². The summed E-state index contributed by atoms with van der Waals surface area (Å²) >= 11 is 7.27. The monoisotopic (exact) mass is 437 g/mol. The lowest BCUT2D eigenvalue weighted by molar-refractivity contribution is 0.0932. The lowest BCUT2D eigenvalue weighted by atomic mass is 10.1. The fourth-order valence-electron chi connectivity index (χ4n) is 2.71. The van der Waals surface area contributed by atoms with Crippen LogP contribution in [0.25, 0.3) is 10.3 Å². The third-order valence-corrected chi connectivity index (χ3v) is 5.31. The standard InChI is InChI=1S/C19H24ClN5O3S/c1-19(2,3)25-15-14(13(24-25)17(27)21-8-9-28-4)29-18(22-15)23-16(26)11-6-5-7-12(20)10-11/h5-7,10,16,26H,8-9H2,1-4H3,(H,21,27)(H,22,23). The van der Waals surface area contributed by atoms with E-state index in [0.717, 1.165) is 0 Å². The molecule has 0 saturated carbocycles. The molecule has 0 aliphatic rings. The first-order valence-electron chi connectivity index (χ1n) is 9.08. The van der Waals surface area contributed by atoms with Crippen LogP contribution in [0, 0.1) is 0 Å². The number of halogens is 1. The molecule has 0 bridgehead atoms. The summed E-state index contributed by atoms with van der Waals surface area (Å²) in [6.45, 7) is 6.75. The van der Waals surface area contributed by atoms with Crippen molar-refractivity contribution in [3.8, 4) is 0 Å². The number of nitrogens with one attached hydrogen (secondary N) is 2. The molecule has 1 amide bonds. The van der Waals surface area contributed by atoms with Gasteiger partial charge in [0, 0.05) is 24.2 Å². The number of amides is 1. The molecule has 2 heterocycles. The third-order valence-electron chi connectivity index (χ3n) is 4.09. The van der Waals surface area contributed by atoms with Crippen LogP contribution in [0.2, 0.25) is 5.02 Å². The number of hydrogen-bond acceptors (Lipinski definition) is 7. The number of nitrogens with zero attached hydrogens (tertiary/aromatic N) is 3. The van der Waals surface area contributed by atoms with Crippen molar-refractivity contribution < 1.29 is 14.6 Å². The van der Waals surface area contributed by atoms with Crippen molar-refractivity contribution >= 4 is 44.3 Å². The number of fused-ring (bicyclic) bond motifs is 1. The van der Waals surface area contributed by atoms with Gasteiger partial charge in [-0.25, -0.2) is 9.67 Å². The normalized spacial score (nSPS) is 12.9. The number of benzene rings is 1. The van der Waals surface area contributed by atoms with Gasteiger partial charge in [0.15, 0.2) is 22.7 Å². The van der Waals surface area contributed by atoms with Crippen molar-refractivity contribution in [3.63, 3.8) is 0 Å². The summed E-state index contributed by atoms with van der Waals surface area (Å²) < 4.78 is 7.35. The van der Waals surface area contributed by atoms with Gasteiger partial charge in [0.05, 0.1) is 12.1 Å². The molecule has 1 atom stereocenters. The van der Waals surface area contributed by atoms with Gasteiger partial charge in [-0.15, -0.1) is 0 Å². The predicted molar refractivity (Wildman–Crippen MR) is 115 cm³/mol. The number of rotatable bonds is 7. The van der Waals surface area contributed by atoms with Gasteiger partial charge in [-0.1, -0.05) is 35.1 Å². The highest BCUT2D eigenvalue weighted by atomic mass is 35.5. The van der Waals surface area contributed by atoms with E-state index in [4.69, 9.17) is 16.3 Å². The van der Waals surface area contributed by atoms with Crippen molar-refractivity contribution in [3.05, 3.63) is 40.5 Å². The molecule has 3 aromatic rings. The quantitative estimate of drug-likeness (QED) is 0.387. The molecule has 2 aromatic heterocycles. The van der Waals surface area contributed by atoms with Gasteiger partial charge >= 0.3 is 0 Å². The van der Waals surface area contributed by atoms with Crippen LogP contribution >= 0.6 is 22.9 Å². The van der Waals surface area contributed by atoms with Crippen LogP contribution < -0.4 is 10.6 Å². The van der Waals surface area contributed by atoms with E-state index >= 15 is 0 Å². The summed E-state index contributed by atoms with van der Waals surface area (Å²) in [4.78, 5) is 17.2. The molecule has 156 valence electrons. The summed E-state index contributed by atoms with van der Waals surface area (Å²) in [5.74, 6) is -0.291. The number of aromatic nitrogens is 3. The maximum absolute atomic E-state index is 12.6. The Bertz CT molecular complexity index is 1010. The Morgan fingerprint density at radius 1 is 1.41 bits per heavy atom. The summed E-state index contributed by atoms with van der Waals surface area (Å²) in [7, 11) is 1.57. The average molecular weight is 438 g/mol. The molecular formula is C19H24ClN5O3S. The Kier molecular flexibility index (Phi) is 6.42. The Balaban J connectivity index is 1.93. The van der Waals surface area contributed by atoms with Gasteiger partial charge < -0.3 is 20.5 Å². The zero-order chi connectivity index (χ0) is 21.2. The Morgan fingerprint density at radius 2 is 2.17 bits per heavy atom. The number of aliphatic hydroxyl groups excluding tert-OH is 1. The lowest BCUT2D eigenvalue weighted by Gasteiger charge is -2.19. The highest BCUT2D eigenvalue weighted by Crippen LogP contribution is 2.33. The van der Waals surface area contributed by atoms with Gasteiger partial charge in [0.25, 0.3) is 5.91 Å². The van der Waals surface area contributed by atoms with Gasteiger partial charge in [-0.05, 0) is 32.9 Å². The first kappa shape index (κ1) is 21.5. The highest BCUT2D eigenvalue weighted by molar-refractivity contribution is 7.22. The average Bonchev–Trinajstić information content (AvgIpc) is 3.19. The van der Waals surface area contributed by atoms with E-state index in [1.807, 2.05) is 20.8 Å². The smallest absolute Gasteiger partial charge is 0.273 e. The number of hydrogen-bond donors (Lipinski definition) is 3. The summed E-state index contributed by atoms with van der Waals surface area (Å²) in [6, 6.07) is 6.95. The van der Waals surface area contributed by atoms with Crippen LogP contribution in [0.3, 0.4) is 0 Å². The van der Waals surface area contributed by atoms with Crippen LogP contribution in [-0.4, -0.2) is 46.0 Å². The molecule has 1 aromatic carbocycles. The molecule has 29 heavy (non-hydrogen) atoms. The first-order valence-corrected chi connectivity index (χ1v) is 10.3. The molecule has 10 heteroatoms. The molecule has 0 spiro atoms. The molecule has 3 rings (SSSR count). The largest absolute Gasteiger partial charge is 0.383 e. The highest BCUT2D eigenvalue weighted by Gasteiger charge is 2.27. The number of methoxy groups -OCH3 is 1. The topological polar surface area (TPSA) is 101 Å². The maximum Gasteiger partial charge on any atom is 0.273 e. The van der Waals surface area contributed by atoms with Crippen molar-refractivity contribution in [2.45, 2.75) is 32.5 Å². The first-order chi connectivity index (χ1) is 13.7. The van der Waals surface area contributed by atoms with Crippen molar-refractivity contribution in [2.75, 3.05) is 25.6 Å². The van der Waals surface area contributed by atoms with E-state index in [9.17, 15) is 9.90 Å². The maximum atomic E-state index is 12.6. The van der Waals surface area contributed by atoms with E-state index in [0.29, 0.717) is 44.9 Å². The second kappa shape index (κ2) is 8.66. The predicted octanol–water partition coefficient (Wildman–Crippen LogP) is 3.38. The second-order valence-electron chi connectivity index (χ2n) is 7.45. The summed E-state index contributed by atoms with van der Waals surface area (Å²) in [5.41, 5.74) is 1.13. The molecule has 8 nitrogen and oxygen atoms in total. The second-order valence-corrected chi connectivity index (χ2v) is 8.89. The third kappa shape index (κ3) is 4.87. The molecule has 0 aliphatic carbocycles. The molecule has 0 fully saturated rings. The van der Waals surface area contributed by atoms with Crippen LogP contribution in [-0.2, 0) is 10.3 Å². The van der Waals surface area contributed by atoms with Crippen molar-refractivity contribution in [2.24, 2.45) is 0 Å². The summed E-state index contributed by atoms with van der Waals surface area (Å²) in [6.07, 6.45) is -0.987. The fourth-order valence-corrected chi connectivity index (χ4v) is 3.86. The minimum atomic E-state index is -0.987. The van der Waals surface area contributed by atoms with Gasteiger partial charge in [0.2, 0.25) is 0 Å². The van der Waals surface area contributed by atoms with Crippen molar-refractivity contribution in [1.82, 2.24) is 20.1 Å². The number of thiazole rings is 1. The van der Waals surface area contributed by atoms with E-state index in [-0.39, 0.29) is 11.4 Å².